The van der Waals surface area contributed by atoms with Crippen molar-refractivity contribution >= 4 is 17.8 Å². The molecule has 1 rings (SSSR count). The van der Waals surface area contributed by atoms with Crippen LogP contribution in [0.5, 0.6) is 0 Å². The molecule has 2 atom stereocenters. The summed E-state index contributed by atoms with van der Waals surface area (Å²) in [5, 5.41) is 7.33. The SMILES string of the molecule is CCCCCC(C)NC(=O)CC1NC(=O)NC1=O. The van der Waals surface area contributed by atoms with E-state index in [2.05, 4.69) is 22.9 Å². The van der Waals surface area contributed by atoms with Crippen LogP contribution in [0.2, 0.25) is 0 Å². The van der Waals surface area contributed by atoms with Gasteiger partial charge in [-0.3, -0.25) is 14.9 Å². The molecule has 3 N–H and O–H groups in total. The van der Waals surface area contributed by atoms with Gasteiger partial charge in [0.25, 0.3) is 5.91 Å². The molecule has 1 aliphatic heterocycles. The molecule has 1 fully saturated rings. The van der Waals surface area contributed by atoms with E-state index in [0.29, 0.717) is 0 Å². The summed E-state index contributed by atoms with van der Waals surface area (Å²) >= 11 is 0. The molecule has 1 aliphatic rings. The predicted octanol–water partition coefficient (Wildman–Crippen LogP) is 0.670. The van der Waals surface area contributed by atoms with Crippen molar-refractivity contribution < 1.29 is 14.4 Å². The maximum atomic E-state index is 11.7. The Hall–Kier alpha value is -1.59. The summed E-state index contributed by atoms with van der Waals surface area (Å²) in [5.41, 5.74) is 0. The van der Waals surface area contributed by atoms with Crippen LogP contribution < -0.4 is 16.0 Å². The van der Waals surface area contributed by atoms with Crippen molar-refractivity contribution in [1.82, 2.24) is 16.0 Å². The normalized spacial score (nSPS) is 20.2. The van der Waals surface area contributed by atoms with Crippen LogP contribution in [0, 0.1) is 0 Å². The van der Waals surface area contributed by atoms with Crippen molar-refractivity contribution in [2.45, 2.75) is 58.0 Å². The molecule has 0 saturated carbocycles. The minimum Gasteiger partial charge on any atom is -0.354 e. The molecule has 0 radical (unpaired) electrons. The Morgan fingerprint density at radius 3 is 2.67 bits per heavy atom. The van der Waals surface area contributed by atoms with Gasteiger partial charge < -0.3 is 10.6 Å². The molecule has 1 saturated heterocycles. The molecule has 2 unspecified atom stereocenters. The molecule has 0 aromatic rings. The molecule has 1 heterocycles. The van der Waals surface area contributed by atoms with Gasteiger partial charge in [0, 0.05) is 6.04 Å². The van der Waals surface area contributed by atoms with Gasteiger partial charge in [-0.15, -0.1) is 0 Å². The highest BCUT2D eigenvalue weighted by molar-refractivity contribution is 6.05. The molecule has 0 spiro atoms. The lowest BCUT2D eigenvalue weighted by atomic mass is 10.1. The van der Waals surface area contributed by atoms with E-state index >= 15 is 0 Å². The van der Waals surface area contributed by atoms with E-state index in [0.717, 1.165) is 25.7 Å². The fourth-order valence-corrected chi connectivity index (χ4v) is 1.89. The van der Waals surface area contributed by atoms with Crippen LogP contribution in [0.15, 0.2) is 0 Å². The summed E-state index contributed by atoms with van der Waals surface area (Å²) in [5.74, 6) is -0.643. The zero-order valence-electron chi connectivity index (χ0n) is 10.9. The summed E-state index contributed by atoms with van der Waals surface area (Å²) in [6.07, 6.45) is 4.31. The van der Waals surface area contributed by atoms with Crippen LogP contribution >= 0.6 is 0 Å². The van der Waals surface area contributed by atoms with Crippen molar-refractivity contribution in [1.29, 1.82) is 0 Å². The van der Waals surface area contributed by atoms with E-state index in [1.54, 1.807) is 0 Å². The Morgan fingerprint density at radius 2 is 2.11 bits per heavy atom. The average Bonchev–Trinajstić information content (AvgIpc) is 2.57. The van der Waals surface area contributed by atoms with Crippen molar-refractivity contribution in [3.8, 4) is 0 Å². The number of imide groups is 1. The number of hydrogen-bond acceptors (Lipinski definition) is 3. The maximum Gasteiger partial charge on any atom is 0.322 e. The van der Waals surface area contributed by atoms with Crippen molar-refractivity contribution in [2.24, 2.45) is 0 Å². The van der Waals surface area contributed by atoms with Crippen LogP contribution in [-0.4, -0.2) is 29.9 Å². The molecule has 102 valence electrons. The van der Waals surface area contributed by atoms with E-state index in [4.69, 9.17) is 0 Å². The van der Waals surface area contributed by atoms with Crippen LogP contribution in [0.4, 0.5) is 4.79 Å². The molecule has 0 aliphatic carbocycles. The monoisotopic (exact) mass is 255 g/mol. The van der Waals surface area contributed by atoms with Gasteiger partial charge in [-0.05, 0) is 13.3 Å². The lowest BCUT2D eigenvalue weighted by molar-refractivity contribution is -0.126. The zero-order chi connectivity index (χ0) is 13.5. The summed E-state index contributed by atoms with van der Waals surface area (Å²) in [4.78, 5) is 33.8. The average molecular weight is 255 g/mol. The topological polar surface area (TPSA) is 87.3 Å². The Kier molecular flexibility index (Phi) is 5.61. The van der Waals surface area contributed by atoms with Gasteiger partial charge in [-0.2, -0.15) is 0 Å². The molecule has 4 amide bonds. The van der Waals surface area contributed by atoms with Crippen LogP contribution in [0.3, 0.4) is 0 Å². The zero-order valence-corrected chi connectivity index (χ0v) is 10.9. The van der Waals surface area contributed by atoms with Crippen LogP contribution in [0.25, 0.3) is 0 Å². The number of urea groups is 1. The first-order chi connectivity index (χ1) is 8.52. The number of carbonyl (C=O) groups is 3. The Labute approximate surface area is 107 Å². The maximum absolute atomic E-state index is 11.7. The van der Waals surface area contributed by atoms with Crippen molar-refractivity contribution in [2.75, 3.05) is 0 Å². The third-order valence-electron chi connectivity index (χ3n) is 2.90. The molecular formula is C12H21N3O3. The highest BCUT2D eigenvalue weighted by Gasteiger charge is 2.31. The predicted molar refractivity (Wildman–Crippen MR) is 66.8 cm³/mol. The highest BCUT2D eigenvalue weighted by Crippen LogP contribution is 2.04. The van der Waals surface area contributed by atoms with Gasteiger partial charge in [0.15, 0.2) is 0 Å². The number of nitrogens with one attached hydrogen (secondary N) is 3. The molecule has 0 aromatic carbocycles. The van der Waals surface area contributed by atoms with E-state index < -0.39 is 18.0 Å². The van der Waals surface area contributed by atoms with Crippen LogP contribution in [0.1, 0.15) is 46.0 Å². The Balaban J connectivity index is 2.24. The smallest absolute Gasteiger partial charge is 0.322 e. The van der Waals surface area contributed by atoms with E-state index in [-0.39, 0.29) is 18.4 Å². The fraction of sp³-hybridized carbons (Fsp3) is 0.750. The lowest BCUT2D eigenvalue weighted by Gasteiger charge is -2.14. The first-order valence-corrected chi connectivity index (χ1v) is 6.43. The van der Waals surface area contributed by atoms with Gasteiger partial charge in [0.1, 0.15) is 6.04 Å². The first-order valence-electron chi connectivity index (χ1n) is 6.43. The van der Waals surface area contributed by atoms with Gasteiger partial charge >= 0.3 is 6.03 Å². The number of rotatable bonds is 7. The van der Waals surface area contributed by atoms with Gasteiger partial charge in [0.05, 0.1) is 6.42 Å². The van der Waals surface area contributed by atoms with Crippen LogP contribution in [-0.2, 0) is 9.59 Å². The molecule has 6 nitrogen and oxygen atoms in total. The standard InChI is InChI=1S/C12H21N3O3/c1-3-4-5-6-8(2)13-10(16)7-9-11(17)15-12(18)14-9/h8-9H,3-7H2,1-2H3,(H,13,16)(H2,14,15,17,18). The van der Waals surface area contributed by atoms with Gasteiger partial charge in [-0.1, -0.05) is 26.2 Å². The second-order valence-electron chi connectivity index (χ2n) is 4.68. The van der Waals surface area contributed by atoms with Crippen molar-refractivity contribution in [3.05, 3.63) is 0 Å². The Bertz CT molecular complexity index is 331. The second-order valence-corrected chi connectivity index (χ2v) is 4.68. The number of amides is 4. The summed E-state index contributed by atoms with van der Waals surface area (Å²) in [6, 6.07) is -1.17. The van der Waals surface area contributed by atoms with Gasteiger partial charge in [-0.25, -0.2) is 4.79 Å². The molecule has 0 bridgehead atoms. The molecule has 0 aromatic heterocycles. The van der Waals surface area contributed by atoms with Gasteiger partial charge in [0.2, 0.25) is 5.91 Å². The Morgan fingerprint density at radius 1 is 1.39 bits per heavy atom. The summed E-state index contributed by atoms with van der Waals surface area (Å²) in [7, 11) is 0. The quantitative estimate of drug-likeness (QED) is 0.461. The highest BCUT2D eigenvalue weighted by atomic mass is 16.2. The lowest BCUT2D eigenvalue weighted by Crippen LogP contribution is -2.39. The number of carbonyl (C=O) groups excluding carboxylic acids is 3. The van der Waals surface area contributed by atoms with E-state index in [9.17, 15) is 14.4 Å². The summed E-state index contributed by atoms with van der Waals surface area (Å²) < 4.78 is 0. The fourth-order valence-electron chi connectivity index (χ4n) is 1.89. The number of unbranched alkanes of at least 4 members (excludes halogenated alkanes) is 2. The minimum absolute atomic E-state index is 0.00427. The third kappa shape index (κ3) is 4.73. The molecular weight excluding hydrogens is 234 g/mol. The third-order valence-corrected chi connectivity index (χ3v) is 2.90. The molecule has 6 heteroatoms. The van der Waals surface area contributed by atoms with E-state index in [1.165, 1.54) is 0 Å². The number of hydrogen-bond donors (Lipinski definition) is 3. The second kappa shape index (κ2) is 6.98. The largest absolute Gasteiger partial charge is 0.354 e. The first kappa shape index (κ1) is 14.5. The van der Waals surface area contributed by atoms with Crippen molar-refractivity contribution in [3.63, 3.8) is 0 Å². The summed E-state index contributed by atoms with van der Waals surface area (Å²) in [6.45, 7) is 4.07. The minimum atomic E-state index is -0.736. The van der Waals surface area contributed by atoms with E-state index in [1.807, 2.05) is 6.92 Å². The molecule has 18 heavy (non-hydrogen) atoms.